The Kier molecular flexibility index (Phi) is 5.45. The number of aromatic nitrogens is 4. The van der Waals surface area contributed by atoms with Crippen LogP contribution in [0.3, 0.4) is 0 Å². The first kappa shape index (κ1) is 22.3. The molecule has 0 unspecified atom stereocenters. The number of hydrogen-bond acceptors (Lipinski definition) is 6. The maximum atomic E-state index is 13.5. The van der Waals surface area contributed by atoms with Gasteiger partial charge < -0.3 is 15.0 Å². The van der Waals surface area contributed by atoms with Crippen LogP contribution in [0.15, 0.2) is 65.7 Å². The molecule has 2 aromatic carbocycles. The van der Waals surface area contributed by atoms with Gasteiger partial charge >= 0.3 is 5.69 Å². The highest BCUT2D eigenvalue weighted by atomic mass is 16.5. The predicted octanol–water partition coefficient (Wildman–Crippen LogP) is 3.67. The quantitative estimate of drug-likeness (QED) is 0.423. The highest BCUT2D eigenvalue weighted by Gasteiger charge is 2.19. The van der Waals surface area contributed by atoms with Crippen molar-refractivity contribution < 1.29 is 4.74 Å². The average Bonchev–Trinajstić information content (AvgIpc) is 3.19. The number of nitrogens with zero attached hydrogens (tertiary/aromatic N) is 5. The second kappa shape index (κ2) is 8.80. The summed E-state index contributed by atoms with van der Waals surface area (Å²) in [4.78, 5) is 24.9. The summed E-state index contributed by atoms with van der Waals surface area (Å²) in [7, 11) is 3.40. The third-order valence-electron chi connectivity index (χ3n) is 7.06. The minimum atomic E-state index is -0.0925. The molecule has 4 heterocycles. The van der Waals surface area contributed by atoms with Crippen LogP contribution in [0.25, 0.3) is 38.8 Å². The SMILES string of the molecule is COc1ccc(-c2ccc3ncc4c(c3c2)n(-c2ccc(N3CCNCC3)c(C)c2)c(=O)n4C)cn1. The zero-order valence-corrected chi connectivity index (χ0v) is 20.7. The predicted molar refractivity (Wildman–Crippen MR) is 143 cm³/mol. The van der Waals surface area contributed by atoms with E-state index in [1.54, 1.807) is 31.1 Å². The number of piperazine rings is 1. The summed E-state index contributed by atoms with van der Waals surface area (Å²) < 4.78 is 8.68. The molecule has 1 aliphatic heterocycles. The van der Waals surface area contributed by atoms with E-state index in [1.165, 1.54) is 5.69 Å². The van der Waals surface area contributed by atoms with Crippen molar-refractivity contribution in [3.8, 4) is 22.7 Å². The Balaban J connectivity index is 1.54. The van der Waals surface area contributed by atoms with Crippen molar-refractivity contribution in [3.63, 3.8) is 0 Å². The topological polar surface area (TPSA) is 77.2 Å². The van der Waals surface area contributed by atoms with Gasteiger partial charge in [0, 0.05) is 62.1 Å². The van der Waals surface area contributed by atoms with E-state index in [1.807, 2.05) is 28.8 Å². The van der Waals surface area contributed by atoms with Gasteiger partial charge in [-0.3, -0.25) is 14.1 Å². The maximum absolute atomic E-state index is 13.5. The van der Waals surface area contributed by atoms with Crippen LogP contribution in [0, 0.1) is 6.92 Å². The lowest BCUT2D eigenvalue weighted by molar-refractivity contribution is 0.398. The number of imidazole rings is 1. The number of ether oxygens (including phenoxy) is 1. The molecule has 1 saturated heterocycles. The molecule has 6 rings (SSSR count). The van der Waals surface area contributed by atoms with Crippen molar-refractivity contribution in [2.45, 2.75) is 6.92 Å². The zero-order valence-electron chi connectivity index (χ0n) is 20.7. The lowest BCUT2D eigenvalue weighted by atomic mass is 10.0. The second-order valence-electron chi connectivity index (χ2n) is 9.20. The van der Waals surface area contributed by atoms with Crippen LogP contribution in [0.4, 0.5) is 5.69 Å². The van der Waals surface area contributed by atoms with Crippen molar-refractivity contribution in [2.75, 3.05) is 38.2 Å². The molecule has 0 spiro atoms. The van der Waals surface area contributed by atoms with Crippen molar-refractivity contribution in [3.05, 3.63) is 77.0 Å². The molecule has 5 aromatic rings. The highest BCUT2D eigenvalue weighted by Crippen LogP contribution is 2.31. The normalized spacial score (nSPS) is 14.0. The Morgan fingerprint density at radius 1 is 0.944 bits per heavy atom. The van der Waals surface area contributed by atoms with Gasteiger partial charge in [-0.1, -0.05) is 6.07 Å². The summed E-state index contributed by atoms with van der Waals surface area (Å²) in [5, 5.41) is 4.32. The number of pyridine rings is 2. The fourth-order valence-electron chi connectivity index (χ4n) is 5.13. The highest BCUT2D eigenvalue weighted by molar-refractivity contribution is 6.04. The molecule has 8 nitrogen and oxygen atoms in total. The van der Waals surface area contributed by atoms with E-state index in [4.69, 9.17) is 4.74 Å². The van der Waals surface area contributed by atoms with Crippen LogP contribution in [-0.4, -0.2) is 52.4 Å². The van der Waals surface area contributed by atoms with E-state index in [9.17, 15) is 4.79 Å². The Morgan fingerprint density at radius 2 is 1.75 bits per heavy atom. The fraction of sp³-hybridized carbons (Fsp3) is 0.250. The maximum Gasteiger partial charge on any atom is 0.333 e. The standard InChI is InChI=1S/C28H28N6O2/c1-18-14-21(6-8-24(18)33-12-10-29-11-13-33)34-27-22-15-19(20-5-9-26(36-3)31-16-20)4-7-23(22)30-17-25(27)32(2)28(34)35/h4-9,14-17,29H,10-13H2,1-3H3. The molecular weight excluding hydrogens is 452 g/mol. The Hall–Kier alpha value is -4.17. The Morgan fingerprint density at radius 3 is 2.47 bits per heavy atom. The third kappa shape index (κ3) is 3.61. The van der Waals surface area contributed by atoms with Crippen LogP contribution in [-0.2, 0) is 7.05 Å². The second-order valence-corrected chi connectivity index (χ2v) is 9.20. The van der Waals surface area contributed by atoms with E-state index in [0.29, 0.717) is 5.88 Å². The fourth-order valence-corrected chi connectivity index (χ4v) is 5.13. The van der Waals surface area contributed by atoms with Gasteiger partial charge in [-0.05, 0) is 54.4 Å². The molecule has 36 heavy (non-hydrogen) atoms. The van der Waals surface area contributed by atoms with Crippen molar-refractivity contribution >= 4 is 27.6 Å². The summed E-state index contributed by atoms with van der Waals surface area (Å²) >= 11 is 0. The zero-order chi connectivity index (χ0) is 24.8. The number of rotatable bonds is 4. The summed E-state index contributed by atoms with van der Waals surface area (Å²) in [6.07, 6.45) is 3.58. The molecule has 0 atom stereocenters. The van der Waals surface area contributed by atoms with Gasteiger partial charge in [0.25, 0.3) is 0 Å². The first-order valence-corrected chi connectivity index (χ1v) is 12.1. The summed E-state index contributed by atoms with van der Waals surface area (Å²) in [6.45, 7) is 6.04. The Bertz CT molecular complexity index is 1650. The van der Waals surface area contributed by atoms with Crippen molar-refractivity contribution in [2.24, 2.45) is 7.05 Å². The number of fused-ring (bicyclic) bond motifs is 3. The lowest BCUT2D eigenvalue weighted by Gasteiger charge is -2.30. The first-order valence-electron chi connectivity index (χ1n) is 12.1. The number of anilines is 1. The summed E-state index contributed by atoms with van der Waals surface area (Å²) in [5.41, 5.74) is 7.58. The number of methoxy groups -OCH3 is 1. The van der Waals surface area contributed by atoms with Gasteiger partial charge in [0.1, 0.15) is 0 Å². The molecule has 8 heteroatoms. The number of benzene rings is 2. The van der Waals surface area contributed by atoms with Crippen molar-refractivity contribution in [1.82, 2.24) is 24.4 Å². The van der Waals surface area contributed by atoms with Crippen LogP contribution in [0.5, 0.6) is 5.88 Å². The minimum absolute atomic E-state index is 0.0925. The molecule has 0 aliphatic carbocycles. The molecule has 1 fully saturated rings. The molecule has 1 aliphatic rings. The van der Waals surface area contributed by atoms with Gasteiger partial charge in [-0.2, -0.15) is 0 Å². The van der Waals surface area contributed by atoms with E-state index in [-0.39, 0.29) is 5.69 Å². The van der Waals surface area contributed by atoms with E-state index < -0.39 is 0 Å². The van der Waals surface area contributed by atoms with Gasteiger partial charge in [0.05, 0.1) is 35.5 Å². The lowest BCUT2D eigenvalue weighted by Crippen LogP contribution is -2.43. The van der Waals surface area contributed by atoms with Crippen molar-refractivity contribution in [1.29, 1.82) is 0 Å². The molecule has 182 valence electrons. The molecule has 0 amide bonds. The smallest absolute Gasteiger partial charge is 0.333 e. The van der Waals surface area contributed by atoms with Crippen LogP contribution < -0.4 is 20.6 Å². The molecule has 0 saturated carbocycles. The van der Waals surface area contributed by atoms with Crippen LogP contribution >= 0.6 is 0 Å². The molecule has 0 bridgehead atoms. The number of nitrogens with one attached hydrogen (secondary N) is 1. The van der Waals surface area contributed by atoms with E-state index in [2.05, 4.69) is 51.4 Å². The van der Waals surface area contributed by atoms with E-state index >= 15 is 0 Å². The third-order valence-corrected chi connectivity index (χ3v) is 7.06. The van der Waals surface area contributed by atoms with E-state index in [0.717, 1.165) is 70.5 Å². The Labute approximate surface area is 208 Å². The number of hydrogen-bond donors (Lipinski definition) is 1. The van der Waals surface area contributed by atoms with Gasteiger partial charge in [0.15, 0.2) is 0 Å². The van der Waals surface area contributed by atoms with Crippen LogP contribution in [0.2, 0.25) is 0 Å². The summed E-state index contributed by atoms with van der Waals surface area (Å²) in [5.74, 6) is 0.570. The first-order chi connectivity index (χ1) is 17.5. The largest absolute Gasteiger partial charge is 0.481 e. The molecule has 0 radical (unpaired) electrons. The molecule has 1 N–H and O–H groups in total. The van der Waals surface area contributed by atoms with Gasteiger partial charge in [-0.15, -0.1) is 0 Å². The molecule has 3 aromatic heterocycles. The molecular formula is C28H28N6O2. The monoisotopic (exact) mass is 480 g/mol. The van der Waals surface area contributed by atoms with Crippen LogP contribution in [0.1, 0.15) is 5.56 Å². The number of aryl methyl sites for hydroxylation is 2. The van der Waals surface area contributed by atoms with Gasteiger partial charge in [-0.25, -0.2) is 9.78 Å². The summed E-state index contributed by atoms with van der Waals surface area (Å²) in [6, 6.07) is 16.2. The van der Waals surface area contributed by atoms with Gasteiger partial charge in [0.2, 0.25) is 5.88 Å². The minimum Gasteiger partial charge on any atom is -0.481 e. The average molecular weight is 481 g/mol.